The minimum Gasteiger partial charge on any atom is -0.506 e. The van der Waals surface area contributed by atoms with E-state index in [2.05, 4.69) is 86.0 Å². The number of aromatic hydroxyl groups is 2. The predicted octanol–water partition coefficient (Wildman–Crippen LogP) is 9.28. The maximum absolute atomic E-state index is 10.1. The summed E-state index contributed by atoms with van der Waals surface area (Å²) in [5, 5.41) is 20.1. The lowest BCUT2D eigenvalue weighted by Crippen LogP contribution is -2.18. The van der Waals surface area contributed by atoms with Crippen molar-refractivity contribution in [2.45, 2.75) is 53.4 Å². The van der Waals surface area contributed by atoms with Crippen LogP contribution in [-0.4, -0.2) is 23.3 Å². The third kappa shape index (κ3) is 8.04. The number of nitrogens with zero attached hydrogens (tertiary/aromatic N) is 2. The molecule has 0 bridgehead atoms. The highest BCUT2D eigenvalue weighted by Crippen LogP contribution is 2.34. The van der Waals surface area contributed by atoms with Gasteiger partial charge in [-0.1, -0.05) is 80.8 Å². The number of unbranched alkanes of at least 4 members (excludes halogenated alkanes) is 2. The largest absolute Gasteiger partial charge is 0.506 e. The number of hydrogen-bond acceptors (Lipinski definition) is 4. The van der Waals surface area contributed by atoms with Gasteiger partial charge in [0.25, 0.3) is 0 Å². The Labute approximate surface area is 228 Å². The maximum Gasteiger partial charge on any atom is 0.139 e. The van der Waals surface area contributed by atoms with E-state index in [-0.39, 0.29) is 0 Å². The summed E-state index contributed by atoms with van der Waals surface area (Å²) in [4.78, 5) is 4.37. The lowest BCUT2D eigenvalue weighted by molar-refractivity contribution is 0.474. The molecule has 0 fully saturated rings. The smallest absolute Gasteiger partial charge is 0.139 e. The van der Waals surface area contributed by atoms with Crippen molar-refractivity contribution in [1.82, 2.24) is 0 Å². The van der Waals surface area contributed by atoms with Gasteiger partial charge in [0, 0.05) is 24.5 Å². The van der Waals surface area contributed by atoms with Gasteiger partial charge >= 0.3 is 0 Å². The van der Waals surface area contributed by atoms with E-state index in [0.29, 0.717) is 11.5 Å². The van der Waals surface area contributed by atoms with Gasteiger partial charge in [-0.25, -0.2) is 0 Å². The monoisotopic (exact) mass is 510 g/mol. The van der Waals surface area contributed by atoms with Gasteiger partial charge in [-0.05, 0) is 80.8 Å². The van der Waals surface area contributed by atoms with Crippen LogP contribution in [0.1, 0.15) is 50.7 Å². The van der Waals surface area contributed by atoms with Crippen LogP contribution in [-0.2, 0) is 0 Å². The first kappa shape index (κ1) is 28.6. The molecule has 0 radical (unpaired) electrons. The molecule has 2 N–H and O–H groups in total. The first-order valence-electron chi connectivity index (χ1n) is 13.7. The van der Waals surface area contributed by atoms with Crippen molar-refractivity contribution < 1.29 is 10.2 Å². The quantitative estimate of drug-likeness (QED) is 0.223. The number of para-hydroxylation sites is 4. The molecule has 200 valence electrons. The Morgan fingerprint density at radius 3 is 1.50 bits per heavy atom. The second-order valence-electron chi connectivity index (χ2n) is 9.66. The third-order valence-corrected chi connectivity index (χ3v) is 6.47. The van der Waals surface area contributed by atoms with E-state index in [0.717, 1.165) is 61.5 Å². The maximum atomic E-state index is 10.1. The molecule has 0 aliphatic carbocycles. The van der Waals surface area contributed by atoms with Crippen molar-refractivity contribution in [2.75, 3.05) is 22.9 Å². The fourth-order valence-corrected chi connectivity index (χ4v) is 4.32. The number of benzene rings is 4. The first-order chi connectivity index (χ1) is 18.4. The Kier molecular flexibility index (Phi) is 11.1. The van der Waals surface area contributed by atoms with Crippen molar-refractivity contribution in [3.8, 4) is 11.5 Å². The molecular formula is C34H42N2O2. The molecule has 0 saturated carbocycles. The average molecular weight is 511 g/mol. The van der Waals surface area contributed by atoms with E-state index in [1.165, 1.54) is 11.1 Å². The second kappa shape index (κ2) is 14.7. The van der Waals surface area contributed by atoms with Crippen LogP contribution in [0.15, 0.2) is 97.1 Å². The minimum absolute atomic E-state index is 0.333. The van der Waals surface area contributed by atoms with Crippen LogP contribution in [0.5, 0.6) is 11.5 Å². The van der Waals surface area contributed by atoms with Crippen molar-refractivity contribution >= 4 is 22.7 Å². The molecule has 0 atom stereocenters. The van der Waals surface area contributed by atoms with Crippen LogP contribution >= 0.6 is 0 Å². The first-order valence-corrected chi connectivity index (χ1v) is 13.7. The Morgan fingerprint density at radius 2 is 1.03 bits per heavy atom. The molecule has 0 spiro atoms. The molecule has 4 nitrogen and oxygen atoms in total. The zero-order valence-corrected chi connectivity index (χ0v) is 23.3. The van der Waals surface area contributed by atoms with Crippen LogP contribution in [0.25, 0.3) is 0 Å². The highest BCUT2D eigenvalue weighted by atomic mass is 16.3. The average Bonchev–Trinajstić information content (AvgIpc) is 2.92. The normalized spacial score (nSPS) is 10.4. The van der Waals surface area contributed by atoms with Gasteiger partial charge in [-0.15, -0.1) is 0 Å². The summed E-state index contributed by atoms with van der Waals surface area (Å²) in [6.07, 6.45) is 4.47. The van der Waals surface area contributed by atoms with Crippen LogP contribution in [0.2, 0.25) is 0 Å². The summed E-state index contributed by atoms with van der Waals surface area (Å²) < 4.78 is 0. The molecule has 0 unspecified atom stereocenters. The second-order valence-corrected chi connectivity index (χ2v) is 9.66. The number of anilines is 4. The lowest BCUT2D eigenvalue weighted by atomic mass is 10.1. The lowest BCUT2D eigenvalue weighted by Gasteiger charge is -2.26. The van der Waals surface area contributed by atoms with Crippen molar-refractivity contribution in [3.63, 3.8) is 0 Å². The highest BCUT2D eigenvalue weighted by molar-refractivity contribution is 5.70. The van der Waals surface area contributed by atoms with E-state index in [1.807, 2.05) is 36.4 Å². The van der Waals surface area contributed by atoms with Crippen molar-refractivity contribution in [2.24, 2.45) is 0 Å². The number of phenols is 2. The van der Waals surface area contributed by atoms with Crippen LogP contribution in [0.4, 0.5) is 22.7 Å². The van der Waals surface area contributed by atoms with Crippen LogP contribution < -0.4 is 9.80 Å². The minimum atomic E-state index is 0.333. The van der Waals surface area contributed by atoms with E-state index in [9.17, 15) is 10.2 Å². The zero-order valence-electron chi connectivity index (χ0n) is 23.3. The van der Waals surface area contributed by atoms with Gasteiger partial charge in [0.1, 0.15) is 11.5 Å². The van der Waals surface area contributed by atoms with Crippen LogP contribution in [0.3, 0.4) is 0 Å². The number of hydrogen-bond donors (Lipinski definition) is 2. The van der Waals surface area contributed by atoms with Gasteiger partial charge in [0.05, 0.1) is 11.4 Å². The summed E-state index contributed by atoms with van der Waals surface area (Å²) >= 11 is 0. The van der Waals surface area contributed by atoms with Gasteiger partial charge in [-0.2, -0.15) is 0 Å². The van der Waals surface area contributed by atoms with Gasteiger partial charge in [0.2, 0.25) is 0 Å². The number of phenolic OH excluding ortho intramolecular Hbond substituents is 2. The fourth-order valence-electron chi connectivity index (χ4n) is 4.32. The van der Waals surface area contributed by atoms with Gasteiger partial charge < -0.3 is 20.0 Å². The van der Waals surface area contributed by atoms with E-state index in [1.54, 1.807) is 12.1 Å². The predicted molar refractivity (Wildman–Crippen MR) is 162 cm³/mol. The SMILES string of the molecule is CCCCN(c1ccc(C)cc1)c1ccccc1O.CCCCN(c1cccc(C)c1)c1ccccc1O. The summed E-state index contributed by atoms with van der Waals surface area (Å²) in [5.41, 5.74) is 6.49. The molecule has 4 aromatic rings. The Bertz CT molecular complexity index is 1250. The molecule has 0 heterocycles. The zero-order chi connectivity index (χ0) is 27.3. The Morgan fingerprint density at radius 1 is 0.526 bits per heavy atom. The fraction of sp³-hybridized carbons (Fsp3) is 0.294. The molecule has 4 aromatic carbocycles. The number of rotatable bonds is 10. The molecule has 0 saturated heterocycles. The summed E-state index contributed by atoms with van der Waals surface area (Å²) in [6, 6.07) is 31.9. The molecule has 4 rings (SSSR count). The van der Waals surface area contributed by atoms with Crippen molar-refractivity contribution in [3.05, 3.63) is 108 Å². The van der Waals surface area contributed by atoms with E-state index < -0.39 is 0 Å². The third-order valence-electron chi connectivity index (χ3n) is 6.47. The molecule has 0 aliphatic rings. The van der Waals surface area contributed by atoms with E-state index >= 15 is 0 Å². The Balaban J connectivity index is 0.000000211. The number of aryl methyl sites for hydroxylation is 2. The van der Waals surface area contributed by atoms with Gasteiger partial charge in [-0.3, -0.25) is 0 Å². The van der Waals surface area contributed by atoms with Crippen molar-refractivity contribution in [1.29, 1.82) is 0 Å². The highest BCUT2D eigenvalue weighted by Gasteiger charge is 2.13. The van der Waals surface area contributed by atoms with E-state index in [4.69, 9.17) is 0 Å². The standard InChI is InChI=1S/2C17H21NO/c1-3-4-12-18(15-9-7-8-14(2)13-15)16-10-5-6-11-17(16)19;1-3-4-13-18(15-11-9-14(2)10-12-15)16-7-5-6-8-17(16)19/h5-11,13,19H,3-4,12H2,1-2H3;5-12,19H,3-4,13H2,1-2H3. The topological polar surface area (TPSA) is 46.9 Å². The molecule has 0 amide bonds. The summed E-state index contributed by atoms with van der Waals surface area (Å²) in [6.45, 7) is 10.4. The Hall–Kier alpha value is -3.92. The van der Waals surface area contributed by atoms with Gasteiger partial charge in [0.15, 0.2) is 0 Å². The molecule has 0 aliphatic heterocycles. The summed E-state index contributed by atoms with van der Waals surface area (Å²) in [7, 11) is 0. The summed E-state index contributed by atoms with van der Waals surface area (Å²) in [5.74, 6) is 0.666. The molecule has 4 heteroatoms. The molecule has 38 heavy (non-hydrogen) atoms. The molecular weight excluding hydrogens is 468 g/mol. The molecule has 0 aromatic heterocycles. The van der Waals surface area contributed by atoms with Crippen LogP contribution in [0, 0.1) is 13.8 Å².